The van der Waals surface area contributed by atoms with Crippen LogP contribution in [-0.4, -0.2) is 49.0 Å². The summed E-state index contributed by atoms with van der Waals surface area (Å²) in [6.07, 6.45) is -23.8. The van der Waals surface area contributed by atoms with Crippen molar-refractivity contribution >= 4 is 0 Å². The number of ether oxygens (including phenoxy) is 2. The first-order valence-corrected chi connectivity index (χ1v) is 4.96. The number of alkyl halides is 10. The molecule has 0 bridgehead atoms. The molecule has 0 aromatic carbocycles. The maximum absolute atomic E-state index is 12.7. The van der Waals surface area contributed by atoms with Crippen molar-refractivity contribution in [3.63, 3.8) is 0 Å². The van der Waals surface area contributed by atoms with E-state index in [1.165, 1.54) is 0 Å². The summed E-state index contributed by atoms with van der Waals surface area (Å²) in [6.45, 7) is -1.80. The molecule has 0 aromatic rings. The number of aliphatic hydroxyl groups excluding tert-OH is 1. The van der Waals surface area contributed by atoms with Gasteiger partial charge in [-0.25, -0.2) is 4.39 Å². The van der Waals surface area contributed by atoms with E-state index in [1.807, 2.05) is 0 Å². The van der Waals surface area contributed by atoms with Gasteiger partial charge in [0.25, 0.3) is 6.36 Å². The predicted octanol–water partition coefficient (Wildman–Crippen LogP) is 3.08. The van der Waals surface area contributed by atoms with Crippen LogP contribution in [0.2, 0.25) is 0 Å². The fraction of sp³-hybridized carbons (Fsp3) is 1.00. The van der Waals surface area contributed by atoms with Gasteiger partial charge in [0.2, 0.25) is 0 Å². The zero-order valence-electron chi connectivity index (χ0n) is 9.74. The Morgan fingerprint density at radius 1 is 0.905 bits per heavy atom. The summed E-state index contributed by atoms with van der Waals surface area (Å²) in [5.74, 6) is -6.90. The van der Waals surface area contributed by atoms with Crippen LogP contribution in [0.15, 0.2) is 0 Å². The van der Waals surface area contributed by atoms with Crippen molar-refractivity contribution in [1.82, 2.24) is 0 Å². The van der Waals surface area contributed by atoms with Crippen molar-refractivity contribution in [2.45, 2.75) is 37.1 Å². The van der Waals surface area contributed by atoms with E-state index in [1.54, 1.807) is 0 Å². The molecule has 1 unspecified atom stereocenters. The van der Waals surface area contributed by atoms with Crippen molar-refractivity contribution in [3.8, 4) is 0 Å². The van der Waals surface area contributed by atoms with Gasteiger partial charge in [-0.1, -0.05) is 0 Å². The number of hydrogen-bond acceptors (Lipinski definition) is 3. The molecule has 0 radical (unpaired) electrons. The highest BCUT2D eigenvalue weighted by Gasteiger charge is 2.76. The highest BCUT2D eigenvalue weighted by Crippen LogP contribution is 2.48. The maximum Gasteiger partial charge on any atom is 0.462 e. The first-order chi connectivity index (χ1) is 9.19. The van der Waals surface area contributed by atoms with E-state index in [4.69, 9.17) is 5.11 Å². The molecule has 1 atom stereocenters. The largest absolute Gasteiger partial charge is 0.462 e. The van der Waals surface area contributed by atoms with Crippen molar-refractivity contribution in [3.05, 3.63) is 0 Å². The Morgan fingerprint density at radius 2 is 1.38 bits per heavy atom. The quantitative estimate of drug-likeness (QED) is 0.544. The normalized spacial score (nSPS) is 16.1. The van der Waals surface area contributed by atoms with E-state index in [0.717, 1.165) is 0 Å². The Balaban J connectivity index is 4.93. The van der Waals surface area contributed by atoms with Gasteiger partial charge in [-0.3, -0.25) is 4.74 Å². The Morgan fingerprint density at radius 3 is 1.76 bits per heavy atom. The fourth-order valence-corrected chi connectivity index (χ4v) is 0.776. The monoisotopic (exact) mass is 342 g/mol. The second-order valence-corrected chi connectivity index (χ2v) is 3.51. The molecule has 21 heavy (non-hydrogen) atoms. The lowest BCUT2D eigenvalue weighted by Crippen LogP contribution is -2.56. The van der Waals surface area contributed by atoms with Gasteiger partial charge in [-0.2, -0.15) is 39.5 Å². The van der Waals surface area contributed by atoms with Crippen molar-refractivity contribution in [2.24, 2.45) is 0 Å². The molecule has 0 aliphatic carbocycles. The molecule has 0 aliphatic heterocycles. The summed E-state index contributed by atoms with van der Waals surface area (Å²) in [4.78, 5) is 0. The van der Waals surface area contributed by atoms with Crippen molar-refractivity contribution < 1.29 is 58.5 Å². The van der Waals surface area contributed by atoms with E-state index in [0.29, 0.717) is 0 Å². The average Bonchev–Trinajstić information content (AvgIpc) is 2.26. The smallest absolute Gasteiger partial charge is 0.396 e. The van der Waals surface area contributed by atoms with E-state index < -0.39 is 50.3 Å². The summed E-state index contributed by atoms with van der Waals surface area (Å²) in [6, 6.07) is 0. The van der Waals surface area contributed by atoms with Crippen molar-refractivity contribution in [1.29, 1.82) is 0 Å². The molecule has 0 spiro atoms. The Labute approximate surface area is 110 Å². The molecule has 0 saturated heterocycles. The zero-order chi connectivity index (χ0) is 17.1. The topological polar surface area (TPSA) is 38.7 Å². The third-order valence-electron chi connectivity index (χ3n) is 1.83. The van der Waals surface area contributed by atoms with Gasteiger partial charge in [-0.15, -0.1) is 0 Å². The van der Waals surface area contributed by atoms with Gasteiger partial charge >= 0.3 is 24.3 Å². The number of aliphatic hydroxyl groups is 1. The summed E-state index contributed by atoms with van der Waals surface area (Å²) < 4.78 is 128. The predicted molar refractivity (Wildman–Crippen MR) is 44.5 cm³/mol. The molecule has 128 valence electrons. The van der Waals surface area contributed by atoms with Crippen LogP contribution in [0.3, 0.4) is 0 Å². The van der Waals surface area contributed by atoms with Gasteiger partial charge in [0.15, 0.2) is 0 Å². The molecule has 0 aromatic heterocycles. The van der Waals surface area contributed by atoms with Gasteiger partial charge in [-0.05, 0) is 6.42 Å². The molecule has 0 amide bonds. The zero-order valence-corrected chi connectivity index (χ0v) is 9.74. The molecule has 0 rings (SSSR count). The van der Waals surface area contributed by atoms with Crippen molar-refractivity contribution in [2.75, 3.05) is 13.2 Å². The van der Waals surface area contributed by atoms with E-state index >= 15 is 0 Å². The molecule has 0 heterocycles. The second-order valence-electron chi connectivity index (χ2n) is 3.51. The fourth-order valence-electron chi connectivity index (χ4n) is 0.776. The lowest BCUT2D eigenvalue weighted by atomic mass is 10.3. The van der Waals surface area contributed by atoms with Crippen LogP contribution in [0.1, 0.15) is 6.42 Å². The molecule has 3 nitrogen and oxygen atoms in total. The van der Waals surface area contributed by atoms with Crippen LogP contribution >= 0.6 is 0 Å². The third kappa shape index (κ3) is 4.85. The number of hydrogen-bond donors (Lipinski definition) is 1. The van der Waals surface area contributed by atoms with Crippen LogP contribution in [0.25, 0.3) is 0 Å². The lowest BCUT2D eigenvalue weighted by Gasteiger charge is -2.30. The second kappa shape index (κ2) is 6.52. The Bertz CT molecular complexity index is 329. The molecule has 0 fully saturated rings. The summed E-state index contributed by atoms with van der Waals surface area (Å²) in [5, 5.41) is 8.19. The van der Waals surface area contributed by atoms with Gasteiger partial charge in [0, 0.05) is 6.61 Å². The minimum absolute atomic E-state index is 0.503. The van der Waals surface area contributed by atoms with Crippen LogP contribution < -0.4 is 0 Å². The third-order valence-corrected chi connectivity index (χ3v) is 1.83. The maximum atomic E-state index is 12.7. The van der Waals surface area contributed by atoms with Gasteiger partial charge < -0.3 is 9.84 Å². The summed E-state index contributed by atoms with van der Waals surface area (Å²) in [7, 11) is 0. The first-order valence-electron chi connectivity index (χ1n) is 4.96. The van der Waals surface area contributed by atoms with E-state index in [2.05, 4.69) is 9.47 Å². The highest BCUT2D eigenvalue weighted by molar-refractivity contribution is 4.85. The summed E-state index contributed by atoms with van der Waals surface area (Å²) in [5.41, 5.74) is 0. The molecule has 0 aliphatic rings. The minimum atomic E-state index is -6.90. The SMILES string of the molecule is OCCCOC(F)(F)C(F)OC(F)(F)C(F)(F)C(F)(F)F. The van der Waals surface area contributed by atoms with E-state index in [-0.39, 0.29) is 0 Å². The van der Waals surface area contributed by atoms with Gasteiger partial charge in [0.05, 0.1) is 6.61 Å². The lowest BCUT2D eigenvalue weighted by molar-refractivity contribution is -0.465. The Kier molecular flexibility index (Phi) is 6.27. The molecule has 13 heteroatoms. The minimum Gasteiger partial charge on any atom is -0.396 e. The van der Waals surface area contributed by atoms with Crippen LogP contribution in [-0.2, 0) is 9.47 Å². The van der Waals surface area contributed by atoms with Crippen LogP contribution in [0.4, 0.5) is 43.9 Å². The molecular weight excluding hydrogens is 334 g/mol. The molecule has 1 N–H and O–H groups in total. The molecular formula is C8H8F10O3. The van der Waals surface area contributed by atoms with E-state index in [9.17, 15) is 43.9 Å². The Hall–Kier alpha value is -0.820. The number of rotatable bonds is 8. The first kappa shape index (κ1) is 20.2. The average molecular weight is 342 g/mol. The molecule has 0 saturated carbocycles. The number of halogens is 10. The summed E-state index contributed by atoms with van der Waals surface area (Å²) >= 11 is 0. The standard InChI is InChI=1S/C8H8F10O3/c9-4(5(10,11)20-3-1-2-19)21-8(17,18)6(12,13)7(14,15)16/h4,19H,1-3H2. The van der Waals surface area contributed by atoms with Crippen LogP contribution in [0.5, 0.6) is 0 Å². The highest BCUT2D eigenvalue weighted by atomic mass is 19.4. The van der Waals surface area contributed by atoms with Crippen LogP contribution in [0, 0.1) is 0 Å². The van der Waals surface area contributed by atoms with Gasteiger partial charge in [0.1, 0.15) is 0 Å².